The third kappa shape index (κ3) is 3.81. The standard InChI is InChI=1S/C26H23NO/c1-19(23-17-16-20-10-8-9-15-24(20)18-23)27-26(28)25(21-11-4-2-5-12-21)22-13-6-3-7-14-22/h2-19,25H,1H3,(H,27,28)/t19-/m0/s1. The fraction of sp³-hybridized carbons (Fsp3) is 0.115. The monoisotopic (exact) mass is 365 g/mol. The van der Waals surface area contributed by atoms with E-state index in [0.717, 1.165) is 16.7 Å². The van der Waals surface area contributed by atoms with Gasteiger partial charge < -0.3 is 5.32 Å². The molecule has 0 aromatic heterocycles. The Kier molecular flexibility index (Phi) is 5.20. The summed E-state index contributed by atoms with van der Waals surface area (Å²) < 4.78 is 0. The topological polar surface area (TPSA) is 29.1 Å². The highest BCUT2D eigenvalue weighted by molar-refractivity contribution is 5.88. The molecule has 0 radical (unpaired) electrons. The number of benzene rings is 4. The van der Waals surface area contributed by atoms with E-state index >= 15 is 0 Å². The van der Waals surface area contributed by atoms with Crippen molar-refractivity contribution in [1.29, 1.82) is 0 Å². The van der Waals surface area contributed by atoms with Crippen molar-refractivity contribution in [1.82, 2.24) is 5.32 Å². The molecule has 0 saturated carbocycles. The lowest BCUT2D eigenvalue weighted by atomic mass is 9.90. The molecule has 2 heteroatoms. The van der Waals surface area contributed by atoms with E-state index in [-0.39, 0.29) is 17.9 Å². The van der Waals surface area contributed by atoms with Crippen LogP contribution in [0.3, 0.4) is 0 Å². The molecule has 1 atom stereocenters. The SMILES string of the molecule is C[C@H](NC(=O)C(c1ccccc1)c1ccccc1)c1ccc2ccccc2c1. The minimum atomic E-state index is -0.328. The van der Waals surface area contributed by atoms with Crippen molar-refractivity contribution in [3.05, 3.63) is 120 Å². The Balaban J connectivity index is 1.61. The number of nitrogens with one attached hydrogen (secondary N) is 1. The molecule has 28 heavy (non-hydrogen) atoms. The summed E-state index contributed by atoms with van der Waals surface area (Å²) in [4.78, 5) is 13.3. The number of amides is 1. The zero-order valence-corrected chi connectivity index (χ0v) is 15.9. The maximum atomic E-state index is 13.3. The molecule has 4 rings (SSSR count). The number of hydrogen-bond donors (Lipinski definition) is 1. The Labute approximate surface area is 165 Å². The summed E-state index contributed by atoms with van der Waals surface area (Å²) in [6, 6.07) is 34.5. The first-order valence-electron chi connectivity index (χ1n) is 9.61. The molecule has 0 unspecified atom stereocenters. The first kappa shape index (κ1) is 18.0. The van der Waals surface area contributed by atoms with Gasteiger partial charge in [-0.3, -0.25) is 4.79 Å². The van der Waals surface area contributed by atoms with Gasteiger partial charge in [0.15, 0.2) is 0 Å². The van der Waals surface area contributed by atoms with Crippen LogP contribution in [0.1, 0.15) is 35.6 Å². The van der Waals surface area contributed by atoms with Crippen LogP contribution < -0.4 is 5.32 Å². The van der Waals surface area contributed by atoms with E-state index in [0.29, 0.717) is 0 Å². The van der Waals surface area contributed by atoms with Crippen molar-refractivity contribution in [2.75, 3.05) is 0 Å². The van der Waals surface area contributed by atoms with Crippen molar-refractivity contribution >= 4 is 16.7 Å². The van der Waals surface area contributed by atoms with E-state index in [4.69, 9.17) is 0 Å². The van der Waals surface area contributed by atoms with E-state index in [2.05, 4.69) is 35.6 Å². The van der Waals surface area contributed by atoms with Gasteiger partial charge in [0.1, 0.15) is 0 Å². The van der Waals surface area contributed by atoms with Crippen LogP contribution in [-0.4, -0.2) is 5.91 Å². The Bertz CT molecular complexity index is 1030. The van der Waals surface area contributed by atoms with Gasteiger partial charge in [-0.15, -0.1) is 0 Å². The summed E-state index contributed by atoms with van der Waals surface area (Å²) in [5.41, 5.74) is 3.10. The minimum absolute atomic E-state index is 0.0121. The van der Waals surface area contributed by atoms with E-state index in [9.17, 15) is 4.79 Å². The molecule has 0 saturated heterocycles. The summed E-state index contributed by atoms with van der Waals surface area (Å²) in [5.74, 6) is -0.316. The quantitative estimate of drug-likeness (QED) is 0.472. The van der Waals surface area contributed by atoms with Crippen LogP contribution in [0.25, 0.3) is 10.8 Å². The van der Waals surface area contributed by atoms with Crippen LogP contribution in [0.4, 0.5) is 0 Å². The molecule has 1 N–H and O–H groups in total. The second-order valence-electron chi connectivity index (χ2n) is 7.09. The van der Waals surface area contributed by atoms with Gasteiger partial charge in [0.25, 0.3) is 0 Å². The number of carbonyl (C=O) groups excluding carboxylic acids is 1. The molecule has 4 aromatic carbocycles. The second-order valence-corrected chi connectivity index (χ2v) is 7.09. The zero-order valence-electron chi connectivity index (χ0n) is 15.9. The lowest BCUT2D eigenvalue weighted by Gasteiger charge is -2.22. The largest absolute Gasteiger partial charge is 0.349 e. The summed E-state index contributed by atoms with van der Waals surface area (Å²) in [6.45, 7) is 2.04. The average Bonchev–Trinajstić information content (AvgIpc) is 2.75. The van der Waals surface area contributed by atoms with Crippen molar-refractivity contribution in [2.24, 2.45) is 0 Å². The lowest BCUT2D eigenvalue weighted by Crippen LogP contribution is -2.32. The van der Waals surface area contributed by atoms with Crippen LogP contribution in [0.2, 0.25) is 0 Å². The van der Waals surface area contributed by atoms with Gasteiger partial charge in [0, 0.05) is 0 Å². The molecule has 0 fully saturated rings. The third-order valence-corrected chi connectivity index (χ3v) is 5.16. The maximum absolute atomic E-state index is 13.3. The van der Waals surface area contributed by atoms with Gasteiger partial charge in [0.2, 0.25) is 5.91 Å². The van der Waals surface area contributed by atoms with Gasteiger partial charge in [-0.1, -0.05) is 97.1 Å². The molecule has 0 bridgehead atoms. The molecule has 138 valence electrons. The second kappa shape index (κ2) is 8.10. The molecule has 4 aromatic rings. The number of carbonyl (C=O) groups is 1. The normalized spacial score (nSPS) is 12.1. The highest BCUT2D eigenvalue weighted by atomic mass is 16.1. The first-order valence-corrected chi connectivity index (χ1v) is 9.61. The molecule has 2 nitrogen and oxygen atoms in total. The molecule has 0 aliphatic heterocycles. The summed E-state index contributed by atoms with van der Waals surface area (Å²) in [5, 5.41) is 5.61. The van der Waals surface area contributed by atoms with Gasteiger partial charge in [0.05, 0.1) is 12.0 Å². The third-order valence-electron chi connectivity index (χ3n) is 5.16. The molecule has 0 heterocycles. The van der Waals surface area contributed by atoms with E-state index in [1.54, 1.807) is 0 Å². The van der Waals surface area contributed by atoms with Gasteiger partial charge in [-0.05, 0) is 40.5 Å². The van der Waals surface area contributed by atoms with Crippen molar-refractivity contribution in [2.45, 2.75) is 18.9 Å². The van der Waals surface area contributed by atoms with Crippen LogP contribution in [0.15, 0.2) is 103 Å². The average molecular weight is 365 g/mol. The Hall–Kier alpha value is -3.39. The zero-order chi connectivity index (χ0) is 19.3. The smallest absolute Gasteiger partial charge is 0.232 e. The van der Waals surface area contributed by atoms with E-state index < -0.39 is 0 Å². The molecular weight excluding hydrogens is 342 g/mol. The minimum Gasteiger partial charge on any atom is -0.349 e. The lowest BCUT2D eigenvalue weighted by molar-refractivity contribution is -0.122. The van der Waals surface area contributed by atoms with Crippen LogP contribution in [0, 0.1) is 0 Å². The van der Waals surface area contributed by atoms with Crippen LogP contribution in [0.5, 0.6) is 0 Å². The van der Waals surface area contributed by atoms with Gasteiger partial charge in [-0.2, -0.15) is 0 Å². The molecule has 0 spiro atoms. The fourth-order valence-electron chi connectivity index (χ4n) is 3.64. The number of hydrogen-bond acceptors (Lipinski definition) is 1. The molecular formula is C26H23NO. The van der Waals surface area contributed by atoms with Crippen LogP contribution >= 0.6 is 0 Å². The predicted molar refractivity (Wildman–Crippen MR) is 115 cm³/mol. The molecule has 0 aliphatic rings. The predicted octanol–water partition coefficient (Wildman–Crippen LogP) is 5.85. The molecule has 0 aliphatic carbocycles. The van der Waals surface area contributed by atoms with Crippen molar-refractivity contribution in [3.8, 4) is 0 Å². The number of rotatable bonds is 5. The van der Waals surface area contributed by atoms with Gasteiger partial charge in [-0.25, -0.2) is 0 Å². The summed E-state index contributed by atoms with van der Waals surface area (Å²) in [7, 11) is 0. The van der Waals surface area contributed by atoms with E-state index in [1.165, 1.54) is 10.8 Å². The number of fused-ring (bicyclic) bond motifs is 1. The van der Waals surface area contributed by atoms with Crippen molar-refractivity contribution in [3.63, 3.8) is 0 Å². The van der Waals surface area contributed by atoms with E-state index in [1.807, 2.05) is 79.7 Å². The summed E-state index contributed by atoms with van der Waals surface area (Å²) >= 11 is 0. The maximum Gasteiger partial charge on any atom is 0.232 e. The van der Waals surface area contributed by atoms with Gasteiger partial charge >= 0.3 is 0 Å². The summed E-state index contributed by atoms with van der Waals surface area (Å²) in [6.07, 6.45) is 0. The molecule has 1 amide bonds. The first-order chi connectivity index (χ1) is 13.7. The Morgan fingerprint density at radius 2 is 1.18 bits per heavy atom. The highest BCUT2D eigenvalue weighted by Crippen LogP contribution is 2.27. The fourth-order valence-corrected chi connectivity index (χ4v) is 3.64. The van der Waals surface area contributed by atoms with Crippen molar-refractivity contribution < 1.29 is 4.79 Å². The van der Waals surface area contributed by atoms with Crippen LogP contribution in [-0.2, 0) is 4.79 Å². The highest BCUT2D eigenvalue weighted by Gasteiger charge is 2.24. The Morgan fingerprint density at radius 1 is 0.643 bits per heavy atom. The Morgan fingerprint density at radius 3 is 1.79 bits per heavy atom.